The number of carbonyl (C=O) groups is 2. The average Bonchev–Trinajstić information content (AvgIpc) is 3.17. The van der Waals surface area contributed by atoms with Crippen molar-refractivity contribution >= 4 is 17.8 Å². The maximum atomic E-state index is 13.0. The summed E-state index contributed by atoms with van der Waals surface area (Å²) in [7, 11) is 0. The lowest BCUT2D eigenvalue weighted by molar-refractivity contribution is -0.138. The zero-order valence-electron chi connectivity index (χ0n) is 18.6. The highest BCUT2D eigenvalue weighted by Crippen LogP contribution is 2.29. The van der Waals surface area contributed by atoms with Gasteiger partial charge in [0.25, 0.3) is 0 Å². The summed E-state index contributed by atoms with van der Waals surface area (Å²) in [6.45, 7) is -0.701. The summed E-state index contributed by atoms with van der Waals surface area (Å²) in [6.07, 6.45) is 4.55. The van der Waals surface area contributed by atoms with Crippen molar-refractivity contribution in [3.05, 3.63) is 47.3 Å². The maximum absolute atomic E-state index is 13.0. The van der Waals surface area contributed by atoms with Gasteiger partial charge in [0.05, 0.1) is 12.5 Å². The Bertz CT molecular complexity index is 1020. The molecule has 182 valence electrons. The fraction of sp³-hybridized carbons (Fsp3) is 0.478. The van der Waals surface area contributed by atoms with E-state index in [2.05, 4.69) is 26.1 Å². The van der Waals surface area contributed by atoms with Crippen molar-refractivity contribution in [2.45, 2.75) is 44.8 Å². The van der Waals surface area contributed by atoms with Crippen LogP contribution in [0, 0.1) is 0 Å². The summed E-state index contributed by atoms with van der Waals surface area (Å²) in [6, 6.07) is 5.84. The van der Waals surface area contributed by atoms with Gasteiger partial charge in [-0.25, -0.2) is 14.8 Å². The molecule has 2 aliphatic heterocycles. The van der Waals surface area contributed by atoms with E-state index in [4.69, 9.17) is 0 Å². The van der Waals surface area contributed by atoms with Gasteiger partial charge in [0.2, 0.25) is 5.88 Å². The molecule has 1 unspecified atom stereocenters. The van der Waals surface area contributed by atoms with E-state index in [1.54, 1.807) is 4.90 Å². The van der Waals surface area contributed by atoms with E-state index in [9.17, 15) is 23.5 Å². The predicted octanol–water partition coefficient (Wildman–Crippen LogP) is 3.32. The van der Waals surface area contributed by atoms with Crippen LogP contribution in [0.4, 0.5) is 19.4 Å². The number of aryl methyl sites for hydroxylation is 2. The number of alkyl halides is 2. The second-order valence-corrected chi connectivity index (χ2v) is 8.33. The van der Waals surface area contributed by atoms with E-state index >= 15 is 0 Å². The minimum absolute atomic E-state index is 0.251. The Morgan fingerprint density at radius 3 is 2.82 bits per heavy atom. The molecule has 9 nitrogen and oxygen atoms in total. The number of nitrogens with one attached hydrogen (secondary N) is 1. The van der Waals surface area contributed by atoms with Gasteiger partial charge in [0.15, 0.2) is 0 Å². The highest BCUT2D eigenvalue weighted by Gasteiger charge is 2.35. The average molecular weight is 475 g/mol. The topological polar surface area (TPSA) is 108 Å². The molecule has 1 fully saturated rings. The Kier molecular flexibility index (Phi) is 7.39. The Morgan fingerprint density at radius 2 is 2.09 bits per heavy atom. The van der Waals surface area contributed by atoms with Crippen LogP contribution in [-0.4, -0.2) is 69.7 Å². The van der Waals surface area contributed by atoms with Gasteiger partial charge in [-0.3, -0.25) is 4.79 Å². The van der Waals surface area contributed by atoms with Crippen LogP contribution in [-0.2, 0) is 17.6 Å². The molecule has 1 saturated heterocycles. The first-order valence-corrected chi connectivity index (χ1v) is 11.3. The molecule has 0 bridgehead atoms. The summed E-state index contributed by atoms with van der Waals surface area (Å²) in [5.41, 5.74) is 2.65. The molecule has 4 rings (SSSR count). The van der Waals surface area contributed by atoms with Gasteiger partial charge in [-0.15, -0.1) is 0 Å². The van der Waals surface area contributed by atoms with Crippen molar-refractivity contribution in [2.75, 3.05) is 31.5 Å². The molecular formula is C23H27F2N5O4. The first kappa shape index (κ1) is 23.7. The third-order valence-electron chi connectivity index (χ3n) is 6.04. The Balaban J connectivity index is 1.36. The molecule has 34 heavy (non-hydrogen) atoms. The number of pyridine rings is 2. The standard InChI is InChI=1S/C23H27F2N5O4/c24-22(25)34-19-8-6-16(14-27-19)18(13-20(31)32)30-12-11-29(23(30)33)10-2-4-17-7-5-15-3-1-9-26-21(15)28-17/h5-8,14,18,22H,1-4,9-13H2,(H,26,28)(H,31,32). The highest BCUT2D eigenvalue weighted by molar-refractivity contribution is 5.78. The number of carboxylic acids is 1. The van der Waals surface area contributed by atoms with Crippen LogP contribution >= 0.6 is 0 Å². The lowest BCUT2D eigenvalue weighted by atomic mass is 10.0. The fourth-order valence-corrected chi connectivity index (χ4v) is 4.38. The number of halogens is 2. The molecule has 11 heteroatoms. The van der Waals surface area contributed by atoms with Gasteiger partial charge in [0, 0.05) is 44.1 Å². The third kappa shape index (κ3) is 5.70. The molecule has 0 radical (unpaired) electrons. The molecule has 2 aliphatic rings. The van der Waals surface area contributed by atoms with E-state index in [-0.39, 0.29) is 18.3 Å². The zero-order chi connectivity index (χ0) is 24.1. The van der Waals surface area contributed by atoms with Crippen LogP contribution in [0.15, 0.2) is 30.5 Å². The zero-order valence-corrected chi connectivity index (χ0v) is 18.6. The monoisotopic (exact) mass is 475 g/mol. The first-order valence-electron chi connectivity index (χ1n) is 11.3. The molecule has 2 N–H and O–H groups in total. The van der Waals surface area contributed by atoms with Crippen molar-refractivity contribution in [1.82, 2.24) is 19.8 Å². The minimum atomic E-state index is -3.00. The number of amides is 2. The van der Waals surface area contributed by atoms with Gasteiger partial charge < -0.3 is 25.0 Å². The summed E-state index contributed by atoms with van der Waals surface area (Å²) >= 11 is 0. The lowest BCUT2D eigenvalue weighted by Crippen LogP contribution is -2.36. The van der Waals surface area contributed by atoms with E-state index in [0.29, 0.717) is 25.2 Å². The molecule has 4 heterocycles. The lowest BCUT2D eigenvalue weighted by Gasteiger charge is -2.27. The number of urea groups is 1. The number of hydrogen-bond acceptors (Lipinski definition) is 6. The molecule has 0 spiro atoms. The number of fused-ring (bicyclic) bond motifs is 1. The number of anilines is 1. The molecule has 1 atom stereocenters. The van der Waals surface area contributed by atoms with E-state index in [1.807, 2.05) is 6.07 Å². The van der Waals surface area contributed by atoms with E-state index in [1.165, 1.54) is 28.8 Å². The normalized spacial score (nSPS) is 16.4. The molecule has 0 saturated carbocycles. The highest BCUT2D eigenvalue weighted by atomic mass is 19.3. The molecule has 2 amide bonds. The van der Waals surface area contributed by atoms with Gasteiger partial charge in [0.1, 0.15) is 5.82 Å². The molecule has 2 aromatic heterocycles. The number of carboxylic acid groups (broad SMARTS) is 1. The van der Waals surface area contributed by atoms with E-state index in [0.717, 1.165) is 43.7 Å². The summed E-state index contributed by atoms with van der Waals surface area (Å²) < 4.78 is 29.0. The maximum Gasteiger partial charge on any atom is 0.388 e. The number of ether oxygens (including phenoxy) is 1. The number of carbonyl (C=O) groups excluding carboxylic acids is 1. The van der Waals surface area contributed by atoms with E-state index < -0.39 is 18.6 Å². The molecular weight excluding hydrogens is 448 g/mol. The van der Waals surface area contributed by atoms with Gasteiger partial charge in [-0.1, -0.05) is 12.1 Å². The number of aliphatic carboxylic acids is 1. The smallest absolute Gasteiger partial charge is 0.388 e. The van der Waals surface area contributed by atoms with Gasteiger partial charge >= 0.3 is 18.6 Å². The number of aromatic nitrogens is 2. The number of hydrogen-bond donors (Lipinski definition) is 2. The van der Waals surface area contributed by atoms with Crippen molar-refractivity contribution in [3.63, 3.8) is 0 Å². The van der Waals surface area contributed by atoms with Crippen LogP contribution in [0.1, 0.15) is 42.1 Å². The number of rotatable bonds is 10. The summed E-state index contributed by atoms with van der Waals surface area (Å²) in [5.74, 6) is -0.397. The first-order chi connectivity index (χ1) is 16.4. The van der Waals surface area contributed by atoms with Crippen molar-refractivity contribution < 1.29 is 28.2 Å². The van der Waals surface area contributed by atoms with Crippen LogP contribution in [0.5, 0.6) is 5.88 Å². The van der Waals surface area contributed by atoms with Gasteiger partial charge in [-0.2, -0.15) is 8.78 Å². The van der Waals surface area contributed by atoms with Crippen molar-refractivity contribution in [2.24, 2.45) is 0 Å². The minimum Gasteiger partial charge on any atom is -0.481 e. The van der Waals surface area contributed by atoms with Crippen LogP contribution < -0.4 is 10.1 Å². The summed E-state index contributed by atoms with van der Waals surface area (Å²) in [4.78, 5) is 36.2. The molecule has 2 aromatic rings. The van der Waals surface area contributed by atoms with Crippen molar-refractivity contribution in [1.29, 1.82) is 0 Å². The SMILES string of the molecule is O=C(O)CC(c1ccc(OC(F)F)nc1)N1CCN(CCCc2ccc3c(n2)NCCC3)C1=O. The second kappa shape index (κ2) is 10.6. The quantitative estimate of drug-likeness (QED) is 0.543. The number of nitrogens with zero attached hydrogens (tertiary/aromatic N) is 4. The summed E-state index contributed by atoms with van der Waals surface area (Å²) in [5, 5.41) is 12.7. The fourth-order valence-electron chi connectivity index (χ4n) is 4.38. The van der Waals surface area contributed by atoms with Crippen LogP contribution in [0.3, 0.4) is 0 Å². The molecule has 0 aromatic carbocycles. The van der Waals surface area contributed by atoms with Gasteiger partial charge in [-0.05, 0) is 42.9 Å². The van der Waals surface area contributed by atoms with Crippen molar-refractivity contribution in [3.8, 4) is 5.88 Å². The van der Waals surface area contributed by atoms with Crippen LogP contribution in [0.2, 0.25) is 0 Å². The predicted molar refractivity (Wildman–Crippen MR) is 119 cm³/mol. The second-order valence-electron chi connectivity index (χ2n) is 8.33. The Labute approximate surface area is 195 Å². The van der Waals surface area contributed by atoms with Crippen LogP contribution in [0.25, 0.3) is 0 Å². The Hall–Kier alpha value is -3.50. The molecule has 0 aliphatic carbocycles. The Morgan fingerprint density at radius 1 is 1.24 bits per heavy atom. The largest absolute Gasteiger partial charge is 0.481 e. The third-order valence-corrected chi connectivity index (χ3v) is 6.04.